The number of benzene rings is 1. The minimum atomic E-state index is -0.542. The molecule has 0 aliphatic heterocycles. The molecule has 0 heterocycles. The predicted octanol–water partition coefficient (Wildman–Crippen LogP) is 4.59. The molecule has 1 aromatic carbocycles. The average molecular weight is 440 g/mol. The molecule has 0 aromatic heterocycles. The van der Waals surface area contributed by atoms with E-state index in [4.69, 9.17) is 4.74 Å². The van der Waals surface area contributed by atoms with Gasteiger partial charge in [-0.15, -0.1) is 0 Å². The maximum absolute atomic E-state index is 11.2. The minimum absolute atomic E-state index is 0.0594. The fraction of sp³-hybridized carbons (Fsp3) is 0.650. The van der Waals surface area contributed by atoms with Crippen LogP contribution >= 0.6 is 22.6 Å². The third kappa shape index (κ3) is 2.44. The van der Waals surface area contributed by atoms with Gasteiger partial charge in [0.15, 0.2) is 0 Å². The van der Waals surface area contributed by atoms with Gasteiger partial charge in [-0.25, -0.2) is 0 Å². The third-order valence-electron chi connectivity index (χ3n) is 7.01. The molecular formula is C20H25IO3. The zero-order valence-electron chi connectivity index (χ0n) is 14.3. The molecule has 0 saturated heterocycles. The molecule has 0 spiro atoms. The Kier molecular flexibility index (Phi) is 3.99. The van der Waals surface area contributed by atoms with Crippen molar-refractivity contribution in [1.82, 2.24) is 0 Å². The first-order chi connectivity index (χ1) is 11.3. The molecule has 3 nitrogen and oxygen atoms in total. The summed E-state index contributed by atoms with van der Waals surface area (Å²) in [4.78, 5) is 11.2. The molecule has 1 N–H and O–H groups in total. The summed E-state index contributed by atoms with van der Waals surface area (Å²) < 4.78 is 4.71. The van der Waals surface area contributed by atoms with Crippen LogP contribution in [-0.4, -0.2) is 14.7 Å². The molecule has 3 aliphatic carbocycles. The van der Waals surface area contributed by atoms with Crippen molar-refractivity contribution in [2.24, 2.45) is 17.3 Å². The van der Waals surface area contributed by atoms with E-state index in [-0.39, 0.29) is 11.4 Å². The van der Waals surface area contributed by atoms with Crippen LogP contribution in [0.3, 0.4) is 0 Å². The lowest BCUT2D eigenvalue weighted by Crippen LogP contribution is -2.47. The Bertz CT molecular complexity index is 683. The van der Waals surface area contributed by atoms with Crippen molar-refractivity contribution in [1.29, 1.82) is 0 Å². The van der Waals surface area contributed by atoms with Crippen molar-refractivity contribution < 1.29 is 14.6 Å². The van der Waals surface area contributed by atoms with E-state index in [0.29, 0.717) is 23.5 Å². The van der Waals surface area contributed by atoms with E-state index in [1.54, 1.807) is 0 Å². The number of carbonyl (C=O) groups is 1. The summed E-state index contributed by atoms with van der Waals surface area (Å²) in [5.41, 5.74) is 2.86. The van der Waals surface area contributed by atoms with Crippen LogP contribution in [0.1, 0.15) is 63.0 Å². The topological polar surface area (TPSA) is 46.5 Å². The summed E-state index contributed by atoms with van der Waals surface area (Å²) >= 11 is 2.30. The van der Waals surface area contributed by atoms with Gasteiger partial charge in [0.25, 0.3) is 0 Å². The van der Waals surface area contributed by atoms with Crippen molar-refractivity contribution in [2.45, 2.75) is 61.9 Å². The van der Waals surface area contributed by atoms with Gasteiger partial charge in [0.2, 0.25) is 0 Å². The van der Waals surface area contributed by atoms with Crippen molar-refractivity contribution in [3.05, 3.63) is 29.3 Å². The molecule has 0 amide bonds. The van der Waals surface area contributed by atoms with Gasteiger partial charge in [-0.3, -0.25) is 4.79 Å². The Labute approximate surface area is 157 Å². The maximum Gasteiger partial charge on any atom is 0.308 e. The first-order valence-corrected chi connectivity index (χ1v) is 10.1. The molecule has 130 valence electrons. The van der Waals surface area contributed by atoms with E-state index < -0.39 is 3.61 Å². The molecule has 3 aliphatic rings. The maximum atomic E-state index is 11.2. The lowest BCUT2D eigenvalue weighted by molar-refractivity contribution is -0.131. The normalized spacial score (nSPS) is 40.4. The minimum Gasteiger partial charge on any atom is -0.427 e. The first-order valence-electron chi connectivity index (χ1n) is 9.04. The summed E-state index contributed by atoms with van der Waals surface area (Å²) in [6.45, 7) is 3.76. The van der Waals surface area contributed by atoms with Crippen molar-refractivity contribution in [3.63, 3.8) is 0 Å². The molecule has 5 atom stereocenters. The van der Waals surface area contributed by atoms with Crippen LogP contribution in [-0.2, 0) is 11.2 Å². The number of alkyl halides is 1. The van der Waals surface area contributed by atoms with E-state index >= 15 is 0 Å². The Balaban J connectivity index is 1.64. The second kappa shape index (κ2) is 5.70. The predicted molar refractivity (Wildman–Crippen MR) is 101 cm³/mol. The average Bonchev–Trinajstić information content (AvgIpc) is 2.76. The summed E-state index contributed by atoms with van der Waals surface area (Å²) in [5.74, 6) is 2.31. The molecule has 24 heavy (non-hydrogen) atoms. The number of ether oxygens (including phenoxy) is 1. The highest BCUT2D eigenvalue weighted by Gasteiger charge is 2.60. The molecule has 0 bridgehead atoms. The lowest BCUT2D eigenvalue weighted by Gasteiger charge is -2.52. The van der Waals surface area contributed by atoms with Gasteiger partial charge >= 0.3 is 5.97 Å². The van der Waals surface area contributed by atoms with Gasteiger partial charge in [0.05, 0.1) is 0 Å². The van der Waals surface area contributed by atoms with E-state index in [9.17, 15) is 9.90 Å². The SMILES string of the molecule is CC(=O)Oc1ccc2c(c1)CCC1C2CC[C@@]2(C)C1CC[C@@]2(O)I. The van der Waals surface area contributed by atoms with Gasteiger partial charge in [0.1, 0.15) is 9.36 Å². The Morgan fingerprint density at radius 1 is 1.29 bits per heavy atom. The van der Waals surface area contributed by atoms with Crippen LogP contribution in [0, 0.1) is 17.3 Å². The number of hydrogen-bond acceptors (Lipinski definition) is 3. The van der Waals surface area contributed by atoms with Crippen LogP contribution in [0.15, 0.2) is 18.2 Å². The van der Waals surface area contributed by atoms with Crippen molar-refractivity contribution in [3.8, 4) is 5.75 Å². The zero-order chi connectivity index (χ0) is 17.1. The number of carbonyl (C=O) groups excluding carboxylic acids is 1. The van der Waals surface area contributed by atoms with Crippen LogP contribution < -0.4 is 4.74 Å². The van der Waals surface area contributed by atoms with Crippen molar-refractivity contribution in [2.75, 3.05) is 0 Å². The van der Waals surface area contributed by atoms with Crippen LogP contribution in [0.5, 0.6) is 5.75 Å². The van der Waals surface area contributed by atoms with Crippen LogP contribution in [0.25, 0.3) is 0 Å². The Morgan fingerprint density at radius 3 is 2.83 bits per heavy atom. The third-order valence-corrected chi connectivity index (χ3v) is 8.78. The van der Waals surface area contributed by atoms with Crippen LogP contribution in [0.2, 0.25) is 0 Å². The van der Waals surface area contributed by atoms with Gasteiger partial charge in [0, 0.05) is 12.3 Å². The number of aliphatic hydroxyl groups is 1. The largest absolute Gasteiger partial charge is 0.427 e. The summed E-state index contributed by atoms with van der Waals surface area (Å²) in [6, 6.07) is 6.18. The summed E-state index contributed by atoms with van der Waals surface area (Å²) in [6.07, 6.45) is 6.58. The molecule has 2 fully saturated rings. The first kappa shape index (κ1) is 16.8. The summed E-state index contributed by atoms with van der Waals surface area (Å²) in [7, 11) is 0. The number of fused-ring (bicyclic) bond motifs is 5. The molecular weight excluding hydrogens is 415 g/mol. The van der Waals surface area contributed by atoms with E-state index in [2.05, 4.69) is 41.6 Å². The zero-order valence-corrected chi connectivity index (χ0v) is 16.5. The smallest absolute Gasteiger partial charge is 0.308 e. The second-order valence-electron chi connectivity index (χ2n) is 8.12. The fourth-order valence-electron chi connectivity index (χ4n) is 5.75. The van der Waals surface area contributed by atoms with Crippen LogP contribution in [0.4, 0.5) is 0 Å². The standard InChI is InChI=1S/C20H25IO3/c1-12(22)24-14-4-6-15-13(11-14)3-5-17-16(15)7-9-19(2)18(17)8-10-20(19,21)23/h4,6,11,16-18,23H,3,5,7-10H2,1-2H3/t16?,17?,18?,19-,20-/m0/s1. The highest BCUT2D eigenvalue weighted by Crippen LogP contribution is 2.65. The molecule has 4 heteroatoms. The lowest BCUT2D eigenvalue weighted by atomic mass is 9.55. The monoisotopic (exact) mass is 440 g/mol. The van der Waals surface area contributed by atoms with Gasteiger partial charge in [-0.2, -0.15) is 0 Å². The van der Waals surface area contributed by atoms with E-state index in [1.807, 2.05) is 6.07 Å². The van der Waals surface area contributed by atoms with E-state index in [0.717, 1.165) is 32.1 Å². The van der Waals surface area contributed by atoms with Crippen molar-refractivity contribution >= 4 is 28.6 Å². The Hall–Kier alpha value is -0.620. The van der Waals surface area contributed by atoms with E-state index in [1.165, 1.54) is 24.5 Å². The highest BCUT2D eigenvalue weighted by atomic mass is 127. The van der Waals surface area contributed by atoms with Gasteiger partial charge in [-0.05, 0) is 102 Å². The molecule has 1 aromatic rings. The van der Waals surface area contributed by atoms with Gasteiger partial charge in [-0.1, -0.05) is 13.0 Å². The summed E-state index contributed by atoms with van der Waals surface area (Å²) in [5, 5.41) is 10.9. The molecule has 0 radical (unpaired) electrons. The highest BCUT2D eigenvalue weighted by molar-refractivity contribution is 14.1. The molecule has 3 unspecified atom stereocenters. The molecule has 4 rings (SSSR count). The quantitative estimate of drug-likeness (QED) is 0.301. The van der Waals surface area contributed by atoms with Gasteiger partial charge < -0.3 is 9.84 Å². The number of halogens is 1. The number of esters is 1. The molecule has 2 saturated carbocycles. The number of hydrogen-bond donors (Lipinski definition) is 1. The Morgan fingerprint density at radius 2 is 2.08 bits per heavy atom. The number of aryl methyl sites for hydroxylation is 1. The fourth-order valence-corrected chi connectivity index (χ4v) is 6.73. The number of rotatable bonds is 1. The second-order valence-corrected chi connectivity index (χ2v) is 9.91.